The fraction of sp³-hybridized carbons (Fsp3) is 0.375. The quantitative estimate of drug-likeness (QED) is 0.883. The van der Waals surface area contributed by atoms with Gasteiger partial charge >= 0.3 is 0 Å². The number of carbonyl (C=O) groups excluding carboxylic acids is 1. The summed E-state index contributed by atoms with van der Waals surface area (Å²) in [5.74, 6) is 0.182. The van der Waals surface area contributed by atoms with Crippen LogP contribution >= 0.6 is 15.9 Å². The first-order valence-corrected chi connectivity index (χ1v) is 4.87. The molecule has 1 aromatic rings. The van der Waals surface area contributed by atoms with E-state index >= 15 is 0 Å². The normalized spacial score (nSPS) is 9.86. The first-order chi connectivity index (χ1) is 6.72. The van der Waals surface area contributed by atoms with Gasteiger partial charge in [0.1, 0.15) is 11.2 Å². The number of rotatable bonds is 4. The predicted molar refractivity (Wildman–Crippen MR) is 54.9 cm³/mol. The Bertz CT molecular complexity index is 302. The first-order valence-electron chi connectivity index (χ1n) is 4.07. The van der Waals surface area contributed by atoms with Gasteiger partial charge in [0.05, 0.1) is 12.4 Å². The Morgan fingerprint density at radius 2 is 2.36 bits per heavy atom. The molecule has 1 amide bonds. The zero-order valence-electron chi connectivity index (χ0n) is 7.66. The van der Waals surface area contributed by atoms with Crippen LogP contribution in [-0.2, 0) is 9.53 Å². The van der Waals surface area contributed by atoms with Crippen LogP contribution in [0.2, 0.25) is 0 Å². The number of aromatic nitrogens is 2. The maximum atomic E-state index is 11.1. The Balaban J connectivity index is 2.44. The van der Waals surface area contributed by atoms with E-state index in [2.05, 4.69) is 31.2 Å². The smallest absolute Gasteiger partial charge is 0.251 e. The molecule has 0 unspecified atom stereocenters. The zero-order valence-corrected chi connectivity index (χ0v) is 9.24. The molecule has 76 valence electrons. The van der Waals surface area contributed by atoms with E-state index in [9.17, 15) is 4.79 Å². The number of nitrogens with zero attached hydrogens (tertiary/aromatic N) is 2. The number of hydrogen-bond acceptors (Lipinski definition) is 4. The molecule has 0 aliphatic rings. The SMILES string of the molecule is CCOCC(=O)Nc1cnc(Br)cn1. The summed E-state index contributed by atoms with van der Waals surface area (Å²) < 4.78 is 5.55. The molecule has 0 saturated heterocycles. The van der Waals surface area contributed by atoms with Crippen LogP contribution in [0, 0.1) is 0 Å². The highest BCUT2D eigenvalue weighted by atomic mass is 79.9. The summed E-state index contributed by atoms with van der Waals surface area (Å²) in [6.45, 7) is 2.38. The molecule has 0 spiro atoms. The van der Waals surface area contributed by atoms with Crippen molar-refractivity contribution >= 4 is 27.7 Å². The van der Waals surface area contributed by atoms with Crippen LogP contribution in [0.25, 0.3) is 0 Å². The van der Waals surface area contributed by atoms with Crippen LogP contribution in [0.3, 0.4) is 0 Å². The molecule has 0 aliphatic carbocycles. The average molecular weight is 260 g/mol. The predicted octanol–water partition coefficient (Wildman–Crippen LogP) is 1.21. The Hall–Kier alpha value is -1.01. The van der Waals surface area contributed by atoms with Crippen molar-refractivity contribution in [1.29, 1.82) is 0 Å². The molecule has 0 radical (unpaired) electrons. The average Bonchev–Trinajstić information content (AvgIpc) is 2.18. The van der Waals surface area contributed by atoms with Gasteiger partial charge in [-0.1, -0.05) is 0 Å². The van der Waals surface area contributed by atoms with Gasteiger partial charge in [0.25, 0.3) is 5.91 Å². The molecule has 0 bridgehead atoms. The molecule has 14 heavy (non-hydrogen) atoms. The highest BCUT2D eigenvalue weighted by molar-refractivity contribution is 9.10. The van der Waals surface area contributed by atoms with E-state index in [1.165, 1.54) is 12.4 Å². The van der Waals surface area contributed by atoms with E-state index in [4.69, 9.17) is 4.74 Å². The number of nitrogens with one attached hydrogen (secondary N) is 1. The number of amides is 1. The van der Waals surface area contributed by atoms with E-state index in [1.54, 1.807) is 0 Å². The van der Waals surface area contributed by atoms with Gasteiger partial charge < -0.3 is 10.1 Å². The van der Waals surface area contributed by atoms with Gasteiger partial charge in [-0.15, -0.1) is 0 Å². The van der Waals surface area contributed by atoms with E-state index in [0.29, 0.717) is 17.0 Å². The second-order valence-electron chi connectivity index (χ2n) is 2.41. The van der Waals surface area contributed by atoms with Crippen molar-refractivity contribution in [3.05, 3.63) is 17.0 Å². The molecule has 1 aromatic heterocycles. The molecule has 0 aliphatic heterocycles. The van der Waals surface area contributed by atoms with Gasteiger partial charge in [-0.05, 0) is 22.9 Å². The standard InChI is InChI=1S/C8H10BrN3O2/c1-2-14-5-8(13)12-7-4-10-6(9)3-11-7/h3-4H,2,5H2,1H3,(H,11,12,13). The van der Waals surface area contributed by atoms with E-state index < -0.39 is 0 Å². The van der Waals surface area contributed by atoms with Crippen molar-refractivity contribution < 1.29 is 9.53 Å². The largest absolute Gasteiger partial charge is 0.372 e. The molecule has 1 heterocycles. The number of anilines is 1. The van der Waals surface area contributed by atoms with E-state index in [1.807, 2.05) is 6.92 Å². The third-order valence-corrected chi connectivity index (χ3v) is 1.73. The monoisotopic (exact) mass is 259 g/mol. The molecule has 0 fully saturated rings. The Morgan fingerprint density at radius 1 is 1.57 bits per heavy atom. The van der Waals surface area contributed by atoms with Gasteiger partial charge in [-0.3, -0.25) is 4.79 Å². The lowest BCUT2D eigenvalue weighted by atomic mass is 10.6. The summed E-state index contributed by atoms with van der Waals surface area (Å²) in [5.41, 5.74) is 0. The van der Waals surface area contributed by atoms with Gasteiger partial charge in [-0.2, -0.15) is 0 Å². The molecule has 0 aromatic carbocycles. The molecule has 1 rings (SSSR count). The van der Waals surface area contributed by atoms with Gasteiger partial charge in [-0.25, -0.2) is 9.97 Å². The van der Waals surface area contributed by atoms with Crippen LogP contribution < -0.4 is 5.32 Å². The topological polar surface area (TPSA) is 64.1 Å². The summed E-state index contributed by atoms with van der Waals surface area (Å²) in [6.07, 6.45) is 2.98. The summed E-state index contributed by atoms with van der Waals surface area (Å²) in [5, 5.41) is 2.55. The molecular weight excluding hydrogens is 250 g/mol. The molecular formula is C8H10BrN3O2. The van der Waals surface area contributed by atoms with Crippen LogP contribution in [-0.4, -0.2) is 29.1 Å². The summed E-state index contributed by atoms with van der Waals surface area (Å²) in [4.78, 5) is 19.0. The second-order valence-corrected chi connectivity index (χ2v) is 3.22. The Morgan fingerprint density at radius 3 is 2.93 bits per heavy atom. The minimum atomic E-state index is -0.233. The van der Waals surface area contributed by atoms with Crippen LogP contribution in [0.15, 0.2) is 17.0 Å². The lowest BCUT2D eigenvalue weighted by molar-refractivity contribution is -0.120. The summed E-state index contributed by atoms with van der Waals surface area (Å²) in [7, 11) is 0. The summed E-state index contributed by atoms with van der Waals surface area (Å²) in [6, 6.07) is 0. The Labute approximate surface area is 90.0 Å². The lowest BCUT2D eigenvalue weighted by Crippen LogP contribution is -2.18. The van der Waals surface area contributed by atoms with Crippen molar-refractivity contribution in [1.82, 2.24) is 9.97 Å². The number of carbonyl (C=O) groups is 1. The van der Waals surface area contributed by atoms with Crippen molar-refractivity contribution in [2.75, 3.05) is 18.5 Å². The third-order valence-electron chi connectivity index (χ3n) is 1.33. The maximum Gasteiger partial charge on any atom is 0.251 e. The third kappa shape index (κ3) is 3.80. The number of ether oxygens (including phenoxy) is 1. The van der Waals surface area contributed by atoms with Crippen molar-refractivity contribution in [3.8, 4) is 0 Å². The molecule has 5 nitrogen and oxygen atoms in total. The van der Waals surface area contributed by atoms with Gasteiger partial charge in [0, 0.05) is 6.61 Å². The summed E-state index contributed by atoms with van der Waals surface area (Å²) >= 11 is 3.14. The lowest BCUT2D eigenvalue weighted by Gasteiger charge is -2.03. The highest BCUT2D eigenvalue weighted by Gasteiger charge is 2.02. The first kappa shape index (κ1) is 11.1. The number of hydrogen-bond donors (Lipinski definition) is 1. The van der Waals surface area contributed by atoms with Crippen molar-refractivity contribution in [2.24, 2.45) is 0 Å². The van der Waals surface area contributed by atoms with Crippen molar-refractivity contribution in [2.45, 2.75) is 6.92 Å². The zero-order chi connectivity index (χ0) is 10.4. The molecule has 0 atom stereocenters. The van der Waals surface area contributed by atoms with Gasteiger partial charge in [0.15, 0.2) is 5.82 Å². The molecule has 0 saturated carbocycles. The fourth-order valence-electron chi connectivity index (χ4n) is 0.751. The Kier molecular flexibility index (Phi) is 4.48. The fourth-order valence-corrected chi connectivity index (χ4v) is 0.955. The van der Waals surface area contributed by atoms with Gasteiger partial charge in [0.2, 0.25) is 0 Å². The van der Waals surface area contributed by atoms with Crippen LogP contribution in [0.1, 0.15) is 6.92 Å². The number of halogens is 1. The maximum absolute atomic E-state index is 11.1. The van der Waals surface area contributed by atoms with Crippen molar-refractivity contribution in [3.63, 3.8) is 0 Å². The second kappa shape index (κ2) is 5.66. The van der Waals surface area contributed by atoms with E-state index in [0.717, 1.165) is 0 Å². The minimum absolute atomic E-state index is 0.0360. The van der Waals surface area contributed by atoms with E-state index in [-0.39, 0.29) is 12.5 Å². The minimum Gasteiger partial charge on any atom is -0.372 e. The highest BCUT2D eigenvalue weighted by Crippen LogP contribution is 2.05. The van der Waals surface area contributed by atoms with Crippen LogP contribution in [0.5, 0.6) is 0 Å². The molecule has 1 N–H and O–H groups in total. The molecule has 6 heteroatoms. The van der Waals surface area contributed by atoms with Crippen LogP contribution in [0.4, 0.5) is 5.82 Å².